The van der Waals surface area contributed by atoms with Gasteiger partial charge in [-0.25, -0.2) is 4.98 Å². The Balaban J connectivity index is 1.29. The molecular weight excluding hydrogens is 358 g/mol. The Morgan fingerprint density at radius 2 is 1.93 bits per heavy atom. The Morgan fingerprint density at radius 3 is 2.63 bits per heavy atom. The van der Waals surface area contributed by atoms with E-state index in [-0.39, 0.29) is 17.6 Å². The van der Waals surface area contributed by atoms with Crippen LogP contribution in [0.5, 0.6) is 0 Å². The highest BCUT2D eigenvalue weighted by Crippen LogP contribution is 2.32. The van der Waals surface area contributed by atoms with Crippen LogP contribution in [0, 0.1) is 5.92 Å². The van der Waals surface area contributed by atoms with Crippen LogP contribution in [0.1, 0.15) is 35.3 Å². The summed E-state index contributed by atoms with van der Waals surface area (Å²) in [7, 11) is 0. The number of benzene rings is 1. The predicted octanol–water partition coefficient (Wildman–Crippen LogP) is 4.37. The molecule has 0 atom stereocenters. The molecule has 0 spiro atoms. The second-order valence-corrected chi connectivity index (χ2v) is 7.48. The van der Waals surface area contributed by atoms with Crippen molar-refractivity contribution in [1.29, 1.82) is 0 Å². The van der Waals surface area contributed by atoms with Crippen molar-refractivity contribution in [3.63, 3.8) is 0 Å². The molecule has 0 radical (unpaired) electrons. The van der Waals surface area contributed by atoms with Crippen molar-refractivity contribution in [2.24, 2.45) is 5.92 Å². The van der Waals surface area contributed by atoms with Gasteiger partial charge in [-0.15, -0.1) is 11.3 Å². The molecule has 1 fully saturated rings. The van der Waals surface area contributed by atoms with E-state index in [1.54, 1.807) is 30.5 Å². The van der Waals surface area contributed by atoms with E-state index in [1.807, 2.05) is 23.6 Å². The molecule has 136 valence electrons. The maximum absolute atomic E-state index is 12.2. The van der Waals surface area contributed by atoms with Crippen molar-refractivity contribution in [2.75, 3.05) is 5.32 Å². The van der Waals surface area contributed by atoms with Gasteiger partial charge in [0.15, 0.2) is 5.78 Å². The third kappa shape index (κ3) is 4.46. The molecule has 3 aromatic rings. The van der Waals surface area contributed by atoms with Crippen LogP contribution >= 0.6 is 11.3 Å². The number of ketones is 1. The van der Waals surface area contributed by atoms with E-state index in [2.05, 4.69) is 15.3 Å². The minimum Gasteiger partial charge on any atom is -0.326 e. The van der Waals surface area contributed by atoms with E-state index in [0.717, 1.165) is 34.8 Å². The molecule has 0 unspecified atom stereocenters. The monoisotopic (exact) mass is 377 g/mol. The Morgan fingerprint density at radius 1 is 1.11 bits per heavy atom. The molecule has 0 aliphatic heterocycles. The minimum atomic E-state index is -0.0661. The van der Waals surface area contributed by atoms with E-state index >= 15 is 0 Å². The van der Waals surface area contributed by atoms with Gasteiger partial charge in [-0.1, -0.05) is 6.07 Å². The van der Waals surface area contributed by atoms with Crippen molar-refractivity contribution in [3.05, 3.63) is 65.3 Å². The molecule has 6 heteroatoms. The molecule has 4 rings (SSSR count). The number of carbonyl (C=O) groups excluding carboxylic acids is 2. The zero-order valence-electron chi connectivity index (χ0n) is 14.7. The standard InChI is InChI=1S/C21H19N3O2S/c25-19(23-16-8-6-15(7-9-16)20(26)14-4-5-14)11-10-17-13-27-21(24-17)18-3-1-2-12-22-18/h1-3,6-9,12-14H,4-5,10-11H2,(H,23,25). The summed E-state index contributed by atoms with van der Waals surface area (Å²) in [6.45, 7) is 0. The first-order valence-electron chi connectivity index (χ1n) is 8.99. The van der Waals surface area contributed by atoms with Gasteiger partial charge in [0, 0.05) is 35.2 Å². The lowest BCUT2D eigenvalue weighted by molar-refractivity contribution is -0.116. The summed E-state index contributed by atoms with van der Waals surface area (Å²) in [5, 5.41) is 5.71. The van der Waals surface area contributed by atoms with E-state index in [9.17, 15) is 9.59 Å². The second-order valence-electron chi connectivity index (χ2n) is 6.62. The topological polar surface area (TPSA) is 72.0 Å². The van der Waals surface area contributed by atoms with Gasteiger partial charge in [0.25, 0.3) is 0 Å². The summed E-state index contributed by atoms with van der Waals surface area (Å²) in [6, 6.07) is 12.9. The smallest absolute Gasteiger partial charge is 0.224 e. The first-order valence-corrected chi connectivity index (χ1v) is 9.87. The Labute approximate surface area is 161 Å². The number of Topliss-reactive ketones (excluding diaryl/α,β-unsaturated/α-hetero) is 1. The molecule has 1 aliphatic rings. The maximum atomic E-state index is 12.2. The Bertz CT molecular complexity index is 947. The van der Waals surface area contributed by atoms with Crippen molar-refractivity contribution >= 4 is 28.7 Å². The lowest BCUT2D eigenvalue weighted by atomic mass is 10.1. The van der Waals surface area contributed by atoms with Crippen molar-refractivity contribution in [2.45, 2.75) is 25.7 Å². The molecule has 5 nitrogen and oxygen atoms in total. The number of aryl methyl sites for hydroxylation is 1. The lowest BCUT2D eigenvalue weighted by Crippen LogP contribution is -2.12. The molecule has 2 aromatic heterocycles. The van der Waals surface area contributed by atoms with Gasteiger partial charge in [0.05, 0.1) is 11.4 Å². The Hall–Kier alpha value is -2.86. The second kappa shape index (κ2) is 7.80. The average molecular weight is 377 g/mol. The number of aromatic nitrogens is 2. The van der Waals surface area contributed by atoms with Crippen LogP contribution in [0.15, 0.2) is 54.0 Å². The lowest BCUT2D eigenvalue weighted by Gasteiger charge is -2.06. The quantitative estimate of drug-likeness (QED) is 0.621. The number of nitrogens with zero attached hydrogens (tertiary/aromatic N) is 2. The van der Waals surface area contributed by atoms with Crippen molar-refractivity contribution in [1.82, 2.24) is 9.97 Å². The summed E-state index contributed by atoms with van der Waals surface area (Å²) >= 11 is 1.53. The number of anilines is 1. The number of hydrogen-bond acceptors (Lipinski definition) is 5. The zero-order chi connectivity index (χ0) is 18.6. The molecule has 2 heterocycles. The molecule has 0 saturated heterocycles. The Kier molecular flexibility index (Phi) is 5.07. The highest BCUT2D eigenvalue weighted by molar-refractivity contribution is 7.13. The van der Waals surface area contributed by atoms with Gasteiger partial charge in [-0.2, -0.15) is 0 Å². The van der Waals surface area contributed by atoms with Crippen molar-refractivity contribution in [3.8, 4) is 10.7 Å². The number of amides is 1. The molecule has 0 bridgehead atoms. The zero-order valence-corrected chi connectivity index (χ0v) is 15.5. The van der Waals surface area contributed by atoms with Crippen LogP contribution in [0.25, 0.3) is 10.7 Å². The summed E-state index contributed by atoms with van der Waals surface area (Å²) in [6.07, 6.45) is 4.67. The first kappa shape index (κ1) is 17.5. The summed E-state index contributed by atoms with van der Waals surface area (Å²) in [5.41, 5.74) is 3.17. The van der Waals surface area contributed by atoms with Crippen molar-refractivity contribution < 1.29 is 9.59 Å². The van der Waals surface area contributed by atoms with E-state index in [4.69, 9.17) is 0 Å². The minimum absolute atomic E-state index is 0.0661. The number of hydrogen-bond donors (Lipinski definition) is 1. The number of thiazole rings is 1. The summed E-state index contributed by atoms with van der Waals surface area (Å²) in [4.78, 5) is 33.0. The third-order valence-electron chi connectivity index (χ3n) is 4.45. The van der Waals surface area contributed by atoms with Crippen LogP contribution in [0.2, 0.25) is 0 Å². The van der Waals surface area contributed by atoms with Crippen LogP contribution < -0.4 is 5.32 Å². The SMILES string of the molecule is O=C(CCc1csc(-c2ccccn2)n1)Nc1ccc(C(=O)C2CC2)cc1. The molecule has 1 amide bonds. The fraction of sp³-hybridized carbons (Fsp3) is 0.238. The fourth-order valence-corrected chi connectivity index (χ4v) is 3.62. The molecule has 27 heavy (non-hydrogen) atoms. The molecule has 1 aromatic carbocycles. The molecule has 1 N–H and O–H groups in total. The van der Waals surface area contributed by atoms with Gasteiger partial charge < -0.3 is 5.32 Å². The van der Waals surface area contributed by atoms with Gasteiger partial charge in [0.2, 0.25) is 5.91 Å². The molecular formula is C21H19N3O2S. The van der Waals surface area contributed by atoms with Crippen LogP contribution in [-0.2, 0) is 11.2 Å². The first-order chi connectivity index (χ1) is 13.2. The molecule has 1 saturated carbocycles. The largest absolute Gasteiger partial charge is 0.326 e. The number of pyridine rings is 1. The average Bonchev–Trinajstić information content (AvgIpc) is 3.45. The third-order valence-corrected chi connectivity index (χ3v) is 5.36. The fourth-order valence-electron chi connectivity index (χ4n) is 2.79. The normalized spacial score (nSPS) is 13.3. The van der Waals surface area contributed by atoms with Gasteiger partial charge in [-0.05, 0) is 55.7 Å². The van der Waals surface area contributed by atoms with E-state index in [1.165, 1.54) is 11.3 Å². The van der Waals surface area contributed by atoms with Gasteiger partial charge in [0.1, 0.15) is 5.01 Å². The number of nitrogens with one attached hydrogen (secondary N) is 1. The summed E-state index contributed by atoms with van der Waals surface area (Å²) in [5.74, 6) is 0.350. The number of carbonyl (C=O) groups is 2. The van der Waals surface area contributed by atoms with Gasteiger partial charge in [-0.3, -0.25) is 14.6 Å². The van der Waals surface area contributed by atoms with Crippen LogP contribution in [-0.4, -0.2) is 21.7 Å². The van der Waals surface area contributed by atoms with Crippen LogP contribution in [0.4, 0.5) is 5.69 Å². The van der Waals surface area contributed by atoms with Gasteiger partial charge >= 0.3 is 0 Å². The highest BCUT2D eigenvalue weighted by Gasteiger charge is 2.30. The number of rotatable bonds is 7. The maximum Gasteiger partial charge on any atom is 0.224 e. The highest BCUT2D eigenvalue weighted by atomic mass is 32.1. The van der Waals surface area contributed by atoms with E-state index < -0.39 is 0 Å². The summed E-state index contributed by atoms with van der Waals surface area (Å²) < 4.78 is 0. The predicted molar refractivity (Wildman–Crippen MR) is 106 cm³/mol. The molecule has 1 aliphatic carbocycles. The van der Waals surface area contributed by atoms with Crippen LogP contribution in [0.3, 0.4) is 0 Å². The van der Waals surface area contributed by atoms with E-state index in [0.29, 0.717) is 18.5 Å².